The molecule has 2 aromatic rings. The van der Waals surface area contributed by atoms with Crippen LogP contribution in [0.2, 0.25) is 0 Å². The molecule has 1 heterocycles. The fourth-order valence-electron chi connectivity index (χ4n) is 3.75. The number of nitrogens with one attached hydrogen (secondary N) is 2. The molecule has 6 nitrogen and oxygen atoms in total. The van der Waals surface area contributed by atoms with Crippen molar-refractivity contribution >= 4 is 17.7 Å². The summed E-state index contributed by atoms with van der Waals surface area (Å²) in [4.78, 5) is 4.56. The topological polar surface area (TPSA) is 67.1 Å². The first-order valence-electron chi connectivity index (χ1n) is 10.5. The standard InChI is InChI=1S/C21H31FN6S/c1-3-23-20(25-15-16-8-6-9-17(22)14-16)24-13-7-12-19-26-27-21(29-2)28(19)18-10-4-5-11-18/h6,8-9,14,18H,3-5,7,10-13,15H2,1-2H3,(H2,23,24,25). The number of hydrogen-bond donors (Lipinski definition) is 2. The Labute approximate surface area is 176 Å². The van der Waals surface area contributed by atoms with E-state index in [9.17, 15) is 4.39 Å². The maximum Gasteiger partial charge on any atom is 0.191 e. The fourth-order valence-corrected chi connectivity index (χ4v) is 4.32. The second-order valence-corrected chi connectivity index (χ2v) is 8.04. The Morgan fingerprint density at radius 3 is 2.83 bits per heavy atom. The summed E-state index contributed by atoms with van der Waals surface area (Å²) in [5.74, 6) is 1.61. The summed E-state index contributed by atoms with van der Waals surface area (Å²) in [6, 6.07) is 7.12. The number of hydrogen-bond acceptors (Lipinski definition) is 4. The van der Waals surface area contributed by atoms with Gasteiger partial charge in [0.05, 0.1) is 6.54 Å². The van der Waals surface area contributed by atoms with Gasteiger partial charge in [0.25, 0.3) is 0 Å². The van der Waals surface area contributed by atoms with Crippen LogP contribution in [0.4, 0.5) is 4.39 Å². The monoisotopic (exact) mass is 418 g/mol. The fraction of sp³-hybridized carbons (Fsp3) is 0.571. The normalized spacial score (nSPS) is 15.1. The van der Waals surface area contributed by atoms with Crippen LogP contribution in [0.25, 0.3) is 0 Å². The summed E-state index contributed by atoms with van der Waals surface area (Å²) < 4.78 is 15.7. The van der Waals surface area contributed by atoms with Crippen molar-refractivity contribution in [2.24, 2.45) is 4.99 Å². The molecular formula is C21H31FN6S. The van der Waals surface area contributed by atoms with Gasteiger partial charge in [-0.1, -0.05) is 36.7 Å². The molecular weight excluding hydrogens is 387 g/mol. The molecule has 0 radical (unpaired) electrons. The van der Waals surface area contributed by atoms with E-state index in [4.69, 9.17) is 0 Å². The molecule has 1 aliphatic carbocycles. The van der Waals surface area contributed by atoms with Crippen molar-refractivity contribution in [2.75, 3.05) is 19.3 Å². The predicted molar refractivity (Wildman–Crippen MR) is 117 cm³/mol. The van der Waals surface area contributed by atoms with E-state index in [1.165, 1.54) is 37.8 Å². The summed E-state index contributed by atoms with van der Waals surface area (Å²) in [7, 11) is 0. The van der Waals surface area contributed by atoms with Crippen molar-refractivity contribution in [3.8, 4) is 0 Å². The number of aromatic nitrogens is 3. The molecule has 8 heteroatoms. The smallest absolute Gasteiger partial charge is 0.191 e. The number of rotatable bonds is 9. The van der Waals surface area contributed by atoms with Crippen molar-refractivity contribution in [1.82, 2.24) is 25.4 Å². The van der Waals surface area contributed by atoms with Gasteiger partial charge in [-0.05, 0) is 50.1 Å². The molecule has 29 heavy (non-hydrogen) atoms. The Balaban J connectivity index is 1.52. The highest BCUT2D eigenvalue weighted by Gasteiger charge is 2.23. The van der Waals surface area contributed by atoms with E-state index in [-0.39, 0.29) is 5.82 Å². The van der Waals surface area contributed by atoms with Crippen molar-refractivity contribution < 1.29 is 4.39 Å². The molecule has 1 saturated carbocycles. The first kappa shape index (κ1) is 21.6. The number of thioether (sulfide) groups is 1. The third-order valence-electron chi connectivity index (χ3n) is 5.13. The molecule has 1 fully saturated rings. The van der Waals surface area contributed by atoms with Crippen LogP contribution in [0, 0.1) is 5.82 Å². The largest absolute Gasteiger partial charge is 0.357 e. The van der Waals surface area contributed by atoms with Crippen molar-refractivity contribution in [2.45, 2.75) is 63.2 Å². The first-order chi connectivity index (χ1) is 14.2. The zero-order chi connectivity index (χ0) is 20.5. The Hall–Kier alpha value is -2.09. The van der Waals surface area contributed by atoms with E-state index in [2.05, 4.69) is 36.6 Å². The van der Waals surface area contributed by atoms with Gasteiger partial charge in [0.1, 0.15) is 11.6 Å². The van der Waals surface area contributed by atoms with Gasteiger partial charge in [0.2, 0.25) is 0 Å². The highest BCUT2D eigenvalue weighted by molar-refractivity contribution is 7.98. The van der Waals surface area contributed by atoms with Crippen molar-refractivity contribution in [3.05, 3.63) is 41.5 Å². The number of guanidine groups is 1. The highest BCUT2D eigenvalue weighted by atomic mass is 32.2. The van der Waals surface area contributed by atoms with Crippen LogP contribution in [0.3, 0.4) is 0 Å². The molecule has 158 valence electrons. The van der Waals surface area contributed by atoms with E-state index in [1.54, 1.807) is 17.8 Å². The summed E-state index contributed by atoms with van der Waals surface area (Å²) in [6.07, 6.45) is 8.96. The average molecular weight is 419 g/mol. The summed E-state index contributed by atoms with van der Waals surface area (Å²) in [6.45, 7) is 4.05. The minimum atomic E-state index is -0.230. The van der Waals surface area contributed by atoms with Gasteiger partial charge in [-0.15, -0.1) is 10.2 Å². The molecule has 2 N–H and O–H groups in total. The van der Waals surface area contributed by atoms with Crippen LogP contribution in [0.5, 0.6) is 0 Å². The first-order valence-corrected chi connectivity index (χ1v) is 11.7. The van der Waals surface area contributed by atoms with Gasteiger partial charge >= 0.3 is 0 Å². The Kier molecular flexibility index (Phi) is 8.34. The van der Waals surface area contributed by atoms with Gasteiger partial charge in [-0.3, -0.25) is 0 Å². The Morgan fingerprint density at radius 2 is 2.10 bits per heavy atom. The zero-order valence-corrected chi connectivity index (χ0v) is 18.1. The lowest BCUT2D eigenvalue weighted by atomic mass is 10.2. The molecule has 0 aliphatic heterocycles. The van der Waals surface area contributed by atoms with E-state index >= 15 is 0 Å². The summed E-state index contributed by atoms with van der Waals surface area (Å²) in [5.41, 5.74) is 0.858. The average Bonchev–Trinajstić information content (AvgIpc) is 3.38. The van der Waals surface area contributed by atoms with Crippen LogP contribution in [0.1, 0.15) is 56.5 Å². The second kappa shape index (κ2) is 11.2. The highest BCUT2D eigenvalue weighted by Crippen LogP contribution is 2.33. The van der Waals surface area contributed by atoms with Gasteiger partial charge in [-0.2, -0.15) is 0 Å². The van der Waals surface area contributed by atoms with E-state index in [0.29, 0.717) is 12.6 Å². The number of aliphatic imine (C=N–C) groups is 1. The SMILES string of the molecule is CCNC(=NCc1cccc(F)c1)NCCCc1nnc(SC)n1C1CCCC1. The summed E-state index contributed by atoms with van der Waals surface area (Å²) in [5, 5.41) is 16.5. The minimum absolute atomic E-state index is 0.230. The third kappa shape index (κ3) is 6.19. The summed E-state index contributed by atoms with van der Waals surface area (Å²) >= 11 is 1.68. The Bertz CT molecular complexity index is 800. The molecule has 3 rings (SSSR count). The van der Waals surface area contributed by atoms with E-state index < -0.39 is 0 Å². The minimum Gasteiger partial charge on any atom is -0.357 e. The van der Waals surface area contributed by atoms with Crippen LogP contribution >= 0.6 is 11.8 Å². The quantitative estimate of drug-likeness (QED) is 0.279. The van der Waals surface area contributed by atoms with Crippen LogP contribution in [-0.2, 0) is 13.0 Å². The number of nitrogens with zero attached hydrogens (tertiary/aromatic N) is 4. The lowest BCUT2D eigenvalue weighted by Crippen LogP contribution is -2.37. The maximum atomic E-state index is 13.3. The molecule has 1 aliphatic rings. The van der Waals surface area contributed by atoms with Crippen molar-refractivity contribution in [1.29, 1.82) is 0 Å². The lowest BCUT2D eigenvalue weighted by molar-refractivity contribution is 0.460. The molecule has 0 spiro atoms. The molecule has 1 aromatic heterocycles. The van der Waals surface area contributed by atoms with Crippen LogP contribution in [0.15, 0.2) is 34.4 Å². The predicted octanol–water partition coefficient (Wildman–Crippen LogP) is 3.94. The number of aryl methyl sites for hydroxylation is 1. The molecule has 0 amide bonds. The molecule has 1 aromatic carbocycles. The van der Waals surface area contributed by atoms with Crippen LogP contribution in [-0.4, -0.2) is 40.1 Å². The molecule has 0 unspecified atom stereocenters. The zero-order valence-electron chi connectivity index (χ0n) is 17.3. The lowest BCUT2D eigenvalue weighted by Gasteiger charge is -2.16. The Morgan fingerprint density at radius 1 is 1.28 bits per heavy atom. The molecule has 0 saturated heterocycles. The number of benzene rings is 1. The van der Waals surface area contributed by atoms with Crippen LogP contribution < -0.4 is 10.6 Å². The third-order valence-corrected chi connectivity index (χ3v) is 5.77. The maximum absolute atomic E-state index is 13.3. The van der Waals surface area contributed by atoms with Crippen molar-refractivity contribution in [3.63, 3.8) is 0 Å². The van der Waals surface area contributed by atoms with Gasteiger partial charge in [0, 0.05) is 25.6 Å². The molecule has 0 bridgehead atoms. The number of halogens is 1. The van der Waals surface area contributed by atoms with Gasteiger partial charge in [-0.25, -0.2) is 9.38 Å². The van der Waals surface area contributed by atoms with E-state index in [1.807, 2.05) is 13.0 Å². The van der Waals surface area contributed by atoms with Gasteiger partial charge in [0.15, 0.2) is 11.1 Å². The van der Waals surface area contributed by atoms with Gasteiger partial charge < -0.3 is 15.2 Å². The molecule has 0 atom stereocenters. The van der Waals surface area contributed by atoms with E-state index in [0.717, 1.165) is 48.4 Å². The second-order valence-electron chi connectivity index (χ2n) is 7.27.